The van der Waals surface area contributed by atoms with Gasteiger partial charge in [-0.25, -0.2) is 0 Å². The summed E-state index contributed by atoms with van der Waals surface area (Å²) in [5.74, 6) is -2.03. The fraction of sp³-hybridized carbons (Fsp3) is 0.378. The van der Waals surface area contributed by atoms with E-state index in [4.69, 9.17) is 55.0 Å². The summed E-state index contributed by atoms with van der Waals surface area (Å²) in [6, 6.07) is 30.1. The monoisotopic (exact) mass is 2710 g/mol. The van der Waals surface area contributed by atoms with E-state index in [2.05, 4.69) is 50.5 Å². The molecule has 37 nitrogen and oxygen atoms in total. The van der Waals surface area contributed by atoms with E-state index in [-0.39, 0.29) is 107 Å². The number of phenolic OH excluding ortho intramolecular Hbond substituents is 4. The number of phenols is 4. The van der Waals surface area contributed by atoms with Gasteiger partial charge in [0.25, 0.3) is 44.5 Å². The number of methoxy groups -OCH3 is 5. The SMILES string of the molecule is C.C.C.C.C.C.C.C.COC(=O)[C@@H]1Cc2ccc(OC)cc2CN1[B]C=O.COc1ccc2c(c1)CN([B]C=O)[C@H](C(=O)O)C2.COc1ccc2c(c1)CN([B]C=O)[C@H](C(=O)O)C2.COc1ccc2c(c1)CN([B]C=O)[C@H](CO)C2.N[C@@H](Cc1cc(I)c(O)c(I)c1)C(=O)O.O=C(O)[C@@H]1Cc2cc(I)c(O)c(I)c2CN1.O=C[B]N1Cc2c(cc(I)c(O)c2I)C[C@H]1C(=O)O.O=C[B]N1Cc2cc(O)ccc2C[C@H]1C(=O)O. The molecule has 147 heavy (non-hydrogen) atoms. The first kappa shape index (κ1) is 138. The van der Waals surface area contributed by atoms with Crippen LogP contribution in [0.5, 0.6) is 46.0 Å². The first-order valence-electron chi connectivity index (χ1n) is 42.1. The Hall–Kier alpha value is -9.12. The van der Waals surface area contributed by atoms with Crippen LogP contribution in [0.4, 0.5) is 0 Å². The lowest BCUT2D eigenvalue weighted by Crippen LogP contribution is -2.48. The van der Waals surface area contributed by atoms with Gasteiger partial charge in [0.05, 0.1) is 101 Å². The van der Waals surface area contributed by atoms with Crippen LogP contribution in [0.15, 0.2) is 115 Å². The van der Waals surface area contributed by atoms with Gasteiger partial charge in [0, 0.05) is 51.9 Å². The lowest BCUT2D eigenvalue weighted by atomic mass is 9.84. The molecule has 0 aliphatic carbocycles. The Morgan fingerprint density at radius 2 is 0.660 bits per heavy atom. The van der Waals surface area contributed by atoms with Crippen LogP contribution in [0, 0.1) is 21.4 Å². The van der Waals surface area contributed by atoms with Crippen molar-refractivity contribution in [3.63, 3.8) is 0 Å². The second-order valence-electron chi connectivity index (χ2n) is 31.6. The molecule has 0 unspecified atom stereocenters. The van der Waals surface area contributed by atoms with Gasteiger partial charge >= 0.3 is 41.8 Å². The topological polar surface area (TPSA) is 548 Å². The van der Waals surface area contributed by atoms with Gasteiger partial charge in [-0.15, -0.1) is 0 Å². The van der Waals surface area contributed by atoms with E-state index in [1.165, 1.54) is 82.5 Å². The number of nitrogens with two attached hydrogens (primary N) is 1. The number of hydrogen-bond donors (Lipinski definition) is 13. The first-order valence-corrected chi connectivity index (χ1v) is 48.5. The Bertz CT molecular complexity index is 5690. The van der Waals surface area contributed by atoms with Crippen LogP contribution in [-0.2, 0) is 164 Å². The molecule has 0 amide bonds. The Balaban J connectivity index is 0.00000165. The minimum atomic E-state index is -1.02. The van der Waals surface area contributed by atoms with Crippen LogP contribution in [0.1, 0.15) is 143 Å². The molecule has 0 bridgehead atoms. The summed E-state index contributed by atoms with van der Waals surface area (Å²) in [5.41, 5.74) is 20.2. The normalized spacial score (nSPS) is 17.3. The number of aliphatic hydroxyl groups is 1. The number of hydrogen-bond acceptors (Lipinski definition) is 31. The van der Waals surface area contributed by atoms with Crippen molar-refractivity contribution in [2.45, 2.75) is 205 Å². The number of esters is 1. The molecule has 8 aromatic carbocycles. The number of nitrogens with one attached hydrogen (secondary N) is 1. The second-order valence-corrected chi connectivity index (χ2v) is 38.4. The number of fused-ring (bicyclic) bond motifs is 7. The number of aromatic hydroxyl groups is 4. The van der Waals surface area contributed by atoms with Gasteiger partial charge in [-0.1, -0.05) is 89.7 Å². The molecule has 7 aliphatic heterocycles. The van der Waals surface area contributed by atoms with Crippen molar-refractivity contribution < 1.29 is 142 Å². The third-order valence-corrected chi connectivity index (χ3v) is 28.8. The number of benzene rings is 8. The van der Waals surface area contributed by atoms with E-state index in [9.17, 15) is 93.0 Å². The lowest BCUT2D eigenvalue weighted by molar-refractivity contribution is -0.146. The molecule has 792 valence electrons. The van der Waals surface area contributed by atoms with Crippen molar-refractivity contribution in [2.24, 2.45) is 5.73 Å². The number of rotatable bonds is 26. The Kier molecular flexibility index (Phi) is 63.1. The van der Waals surface area contributed by atoms with Gasteiger partial charge < -0.3 is 143 Å². The predicted molar refractivity (Wildman–Crippen MR) is 619 cm³/mol. The largest absolute Gasteiger partial charge is 0.508 e. The van der Waals surface area contributed by atoms with Crippen molar-refractivity contribution in [3.8, 4) is 46.0 Å². The fourth-order valence-corrected chi connectivity index (χ4v) is 21.7. The van der Waals surface area contributed by atoms with Crippen LogP contribution in [0.3, 0.4) is 0 Å². The molecule has 7 aliphatic rings. The van der Waals surface area contributed by atoms with Gasteiger partial charge in [-0.2, -0.15) is 0 Å². The molecule has 8 aromatic rings. The third kappa shape index (κ3) is 38.3. The molecule has 0 aromatic heterocycles. The maximum atomic E-state index is 11.8. The molecule has 49 heteroatoms. The molecule has 0 fully saturated rings. The molecule has 6 radical (unpaired) electrons. The van der Waals surface area contributed by atoms with E-state index >= 15 is 0 Å². The summed E-state index contributed by atoms with van der Waals surface area (Å²) < 4.78 is 29.8. The number of nitrogens with zero attached hydrogens (tertiary/aromatic N) is 6. The maximum absolute atomic E-state index is 11.8. The Morgan fingerprint density at radius 3 is 0.986 bits per heavy atom. The van der Waals surface area contributed by atoms with Gasteiger partial charge in [0.15, 0.2) is 0 Å². The van der Waals surface area contributed by atoms with Crippen molar-refractivity contribution in [3.05, 3.63) is 220 Å². The number of carbonyl (C=O) groups is 13. The number of aliphatic hydroxyl groups excluding tert-OH is 1. The summed E-state index contributed by atoms with van der Waals surface area (Å²) in [6.45, 7) is 3.12. The average Bonchev–Trinajstić information content (AvgIpc) is 0.772. The van der Waals surface area contributed by atoms with Crippen LogP contribution in [0.2, 0.25) is 0 Å². The highest BCUT2D eigenvalue weighted by Crippen LogP contribution is 2.39. The van der Waals surface area contributed by atoms with Gasteiger partial charge in [0.1, 0.15) is 88.3 Å². The number of aliphatic carboxylic acids is 6. The van der Waals surface area contributed by atoms with Crippen LogP contribution in [0.25, 0.3) is 0 Å². The summed E-state index contributed by atoms with van der Waals surface area (Å²) >= 11 is 12.2. The Labute approximate surface area is 945 Å². The summed E-state index contributed by atoms with van der Waals surface area (Å²) in [5, 5.41) is 105. The van der Waals surface area contributed by atoms with Gasteiger partial charge in [-0.05, 0) is 355 Å². The Morgan fingerprint density at radius 1 is 0.367 bits per heavy atom. The molecular weight excluding hydrogens is 2580 g/mol. The van der Waals surface area contributed by atoms with Crippen LogP contribution in [-0.4, -0.2) is 299 Å². The zero-order chi connectivity index (χ0) is 102. The quantitative estimate of drug-likeness (QED) is 0.0104. The van der Waals surface area contributed by atoms with E-state index in [0.29, 0.717) is 130 Å². The van der Waals surface area contributed by atoms with Crippen LogP contribution < -0.4 is 30.0 Å². The smallest absolute Gasteiger partial charge is 0.322 e. The molecule has 0 saturated heterocycles. The predicted octanol–water partition coefficient (Wildman–Crippen LogP) is 10.8. The molecule has 8 atom stereocenters. The summed E-state index contributed by atoms with van der Waals surface area (Å²) in [6.07, 6.45) is 7.25. The second kappa shape index (κ2) is 67.2. The van der Waals surface area contributed by atoms with E-state index < -0.39 is 78.1 Å². The van der Waals surface area contributed by atoms with Gasteiger partial charge in [-0.3, -0.25) is 38.9 Å². The number of carboxylic acid groups (broad SMARTS) is 6. The first-order chi connectivity index (χ1) is 66.3. The maximum Gasteiger partial charge on any atom is 0.322 e. The van der Waals surface area contributed by atoms with E-state index in [0.717, 1.165) is 121 Å². The van der Waals surface area contributed by atoms with Gasteiger partial charge in [0.2, 0.25) is 0 Å². The lowest BCUT2D eigenvalue weighted by Gasteiger charge is -2.34. The number of carbonyl (C=O) groups excluding carboxylic acids is 7. The molecule has 0 spiro atoms. The zero-order valence-electron chi connectivity index (χ0n) is 75.1. The van der Waals surface area contributed by atoms with Crippen molar-refractivity contribution in [2.75, 3.05) is 42.2 Å². The van der Waals surface area contributed by atoms with Crippen LogP contribution >= 0.6 is 136 Å². The molecular formula is C98H126B6I6N8O29. The molecule has 0 saturated carbocycles. The van der Waals surface area contributed by atoms with Crippen molar-refractivity contribution in [1.29, 1.82) is 0 Å². The fourth-order valence-electron chi connectivity index (χ4n) is 15.9. The highest BCUT2D eigenvalue weighted by Gasteiger charge is 2.39. The highest BCUT2D eigenvalue weighted by atomic mass is 127. The summed E-state index contributed by atoms with van der Waals surface area (Å²) in [4.78, 5) is 151. The standard InChI is InChI=1S/C13H15BNO4.2C12H13BNO4.C12H15BNO3.C11H9BI2NO4.C11H11BNO4.C10H9I2NO3.C9H9I2NO3.8CH4/c1-18-11-4-3-9-6-12(13(17)19-2)15(14-8-16)7-10(9)5-11;2*1-18-10-3-2-8-5-11(12(16)17)14(13-7-15)6-9(8)4-10;1-17-12-3-2-9-4-11(7-15)14(13-8-16)6-10(9)5-12;13-7-1-5-2-8(11(18)19)15(12-4-16)3-6(5)9(14)10(7)17;14-6-12-13-5-8-3-9(15)2-1-7(8)4-10(13)11(16)17;11-6-1-4-2-7(10(15)16)13-3-5(4)8(12)9(6)14;10-5-1-4(2-6(11)8(5)13)3-7(12)9(14)15;;;;;;;;/h3-5,8,12H,6-7H2,1-2H3;2*2-4,7,11H,5-6H2,1H3,(H,16,17);2-3,5,8,11,15H,4,6-7H2,1H3;1,4,8,17H,2-3H2,(H,18,19);1-3,6,10,15H,4-5H2,(H,16,17);1,7,13-14H,2-3H2,(H,15,16);1-2,7,13H,3,12H2,(H,14,15);8*1H4/t12-;3*11-;8-;10-;2*7-;;;;;;;;/m00000000......../s1. The zero-order valence-corrected chi connectivity index (χ0v) is 88.1. The van der Waals surface area contributed by atoms with Crippen molar-refractivity contribution in [1.82, 2.24) is 34.2 Å². The molecule has 14 N–H and O–H groups in total. The van der Waals surface area contributed by atoms with E-state index in [1.807, 2.05) is 180 Å². The number of carboxylic acids is 6. The average molecular weight is 2710 g/mol. The third-order valence-electron chi connectivity index (χ3n) is 23.2. The van der Waals surface area contributed by atoms with E-state index in [1.54, 1.807) is 57.5 Å². The minimum absolute atomic E-state index is 0. The molecule has 7 heterocycles. The highest BCUT2D eigenvalue weighted by molar-refractivity contribution is 14.1. The number of halogens is 6. The van der Waals surface area contributed by atoms with Crippen molar-refractivity contribution >= 4 is 259 Å². The number of ether oxygens (including phenoxy) is 5. The molecule has 15 rings (SSSR count). The summed E-state index contributed by atoms with van der Waals surface area (Å²) in [7, 11) is 15.7. The minimum Gasteiger partial charge on any atom is -0.508 e.